The lowest BCUT2D eigenvalue weighted by Gasteiger charge is -2.30. The molecule has 1 saturated carbocycles. The van der Waals surface area contributed by atoms with Crippen molar-refractivity contribution < 1.29 is 14.6 Å². The van der Waals surface area contributed by atoms with E-state index in [4.69, 9.17) is 4.74 Å². The van der Waals surface area contributed by atoms with Gasteiger partial charge >= 0.3 is 6.09 Å². The van der Waals surface area contributed by atoms with E-state index >= 15 is 0 Å². The lowest BCUT2D eigenvalue weighted by Crippen LogP contribution is -2.29. The highest BCUT2D eigenvalue weighted by molar-refractivity contribution is 5.66. The summed E-state index contributed by atoms with van der Waals surface area (Å²) >= 11 is 0. The third-order valence-electron chi connectivity index (χ3n) is 5.42. The van der Waals surface area contributed by atoms with Crippen LogP contribution < -0.4 is 0 Å². The second-order valence-electron chi connectivity index (χ2n) is 6.54. The number of ether oxygens (including phenoxy) is 1. The first-order valence-corrected chi connectivity index (χ1v) is 7.95. The average Bonchev–Trinajstić information content (AvgIpc) is 3.15. The van der Waals surface area contributed by atoms with Crippen molar-refractivity contribution in [2.45, 2.75) is 50.2 Å². The lowest BCUT2D eigenvalue weighted by molar-refractivity contribution is 0.0248. The molecule has 1 amide bonds. The molecule has 0 radical (unpaired) electrons. The van der Waals surface area contributed by atoms with Crippen LogP contribution in [0.4, 0.5) is 4.79 Å². The summed E-state index contributed by atoms with van der Waals surface area (Å²) in [6.45, 7) is 1.73. The van der Waals surface area contributed by atoms with Crippen molar-refractivity contribution in [3.63, 3.8) is 0 Å². The molecule has 0 aromatic heterocycles. The molecule has 4 nitrogen and oxygen atoms in total. The van der Waals surface area contributed by atoms with Crippen molar-refractivity contribution in [3.8, 4) is 0 Å². The minimum Gasteiger partial charge on any atom is -0.465 e. The zero-order valence-corrected chi connectivity index (χ0v) is 12.1. The number of likely N-dealkylation sites (tertiary alicyclic amines) is 1. The fraction of sp³-hybridized carbons (Fsp3) is 0.588. The van der Waals surface area contributed by atoms with E-state index < -0.39 is 6.09 Å². The topological polar surface area (TPSA) is 49.8 Å². The van der Waals surface area contributed by atoms with Crippen LogP contribution in [0.25, 0.3) is 0 Å². The van der Waals surface area contributed by atoms with E-state index in [-0.39, 0.29) is 12.0 Å². The van der Waals surface area contributed by atoms with Crippen molar-refractivity contribution in [3.05, 3.63) is 34.9 Å². The highest BCUT2D eigenvalue weighted by Crippen LogP contribution is 2.43. The first-order chi connectivity index (χ1) is 10.2. The van der Waals surface area contributed by atoms with E-state index in [1.807, 2.05) is 0 Å². The number of nitrogens with zero attached hydrogens (tertiary/aromatic N) is 1. The molecule has 2 aliphatic heterocycles. The molecule has 3 aliphatic rings. The summed E-state index contributed by atoms with van der Waals surface area (Å²) in [6.07, 6.45) is 4.42. The summed E-state index contributed by atoms with van der Waals surface area (Å²) in [5.74, 6) is 0.892. The van der Waals surface area contributed by atoms with E-state index in [0.29, 0.717) is 25.6 Å². The molecule has 112 valence electrons. The largest absolute Gasteiger partial charge is 0.465 e. The van der Waals surface area contributed by atoms with E-state index in [1.54, 1.807) is 0 Å². The van der Waals surface area contributed by atoms with Crippen LogP contribution in [-0.4, -0.2) is 35.3 Å². The summed E-state index contributed by atoms with van der Waals surface area (Å²) in [7, 11) is 0. The van der Waals surface area contributed by atoms with Gasteiger partial charge in [0.1, 0.15) is 0 Å². The second-order valence-corrected chi connectivity index (χ2v) is 6.54. The molecule has 1 saturated heterocycles. The number of carbonyl (C=O) groups is 1. The Hall–Kier alpha value is -1.55. The predicted molar refractivity (Wildman–Crippen MR) is 78.6 cm³/mol. The van der Waals surface area contributed by atoms with E-state index in [0.717, 1.165) is 0 Å². The first-order valence-electron chi connectivity index (χ1n) is 7.95. The maximum absolute atomic E-state index is 11.2. The molecule has 1 N–H and O–H groups in total. The fourth-order valence-corrected chi connectivity index (χ4v) is 4.34. The molecular formula is C17H21NO3. The molecular weight excluding hydrogens is 266 g/mol. The maximum atomic E-state index is 11.2. The number of hydrogen-bond acceptors (Lipinski definition) is 2. The molecule has 4 rings (SSSR count). The molecule has 1 aromatic carbocycles. The van der Waals surface area contributed by atoms with Gasteiger partial charge in [0.2, 0.25) is 0 Å². The zero-order chi connectivity index (χ0) is 14.4. The summed E-state index contributed by atoms with van der Waals surface area (Å²) in [4.78, 5) is 12.7. The quantitative estimate of drug-likeness (QED) is 0.862. The second kappa shape index (κ2) is 5.02. The van der Waals surface area contributed by atoms with Gasteiger partial charge in [0.25, 0.3) is 0 Å². The molecule has 0 spiro atoms. The van der Waals surface area contributed by atoms with Crippen LogP contribution in [0.5, 0.6) is 0 Å². The van der Waals surface area contributed by atoms with Crippen LogP contribution in [0.15, 0.2) is 18.2 Å². The van der Waals surface area contributed by atoms with Gasteiger partial charge < -0.3 is 14.7 Å². The number of carboxylic acid groups (broad SMARTS) is 1. The number of amides is 1. The predicted octanol–water partition coefficient (Wildman–Crippen LogP) is 3.32. The van der Waals surface area contributed by atoms with Gasteiger partial charge in [-0.1, -0.05) is 31.0 Å². The van der Waals surface area contributed by atoms with Crippen molar-refractivity contribution in [1.82, 2.24) is 4.90 Å². The molecule has 21 heavy (non-hydrogen) atoms. The Morgan fingerprint density at radius 1 is 1.19 bits per heavy atom. The molecule has 2 fully saturated rings. The molecule has 1 aromatic rings. The third-order valence-corrected chi connectivity index (χ3v) is 5.42. The minimum atomic E-state index is -0.832. The number of rotatable bonds is 1. The fourth-order valence-electron chi connectivity index (χ4n) is 4.34. The normalized spacial score (nSPS) is 28.5. The monoisotopic (exact) mass is 287 g/mol. The minimum absolute atomic E-state index is 0.0347. The Labute approximate surface area is 124 Å². The summed E-state index contributed by atoms with van der Waals surface area (Å²) in [5.41, 5.74) is 4.13. The highest BCUT2D eigenvalue weighted by atomic mass is 16.5. The smallest absolute Gasteiger partial charge is 0.407 e. The summed E-state index contributed by atoms with van der Waals surface area (Å²) in [6, 6.07) is 6.58. The molecule has 1 aliphatic carbocycles. The Balaban J connectivity index is 1.68. The Bertz CT molecular complexity index is 565. The molecule has 2 heterocycles. The maximum Gasteiger partial charge on any atom is 0.407 e. The van der Waals surface area contributed by atoms with Crippen molar-refractivity contribution in [2.24, 2.45) is 0 Å². The molecule has 2 atom stereocenters. The van der Waals surface area contributed by atoms with Gasteiger partial charge in [-0.15, -0.1) is 0 Å². The number of hydrogen-bond donors (Lipinski definition) is 1. The van der Waals surface area contributed by atoms with Gasteiger partial charge in [-0.2, -0.15) is 0 Å². The van der Waals surface area contributed by atoms with Crippen molar-refractivity contribution >= 4 is 6.09 Å². The standard InChI is InChI=1S/C17H21NO3/c19-17(20)18-8-14-13-7-3-6-12(11-4-1-2-5-11)15(13)10-21-16(14)9-18/h3,6-7,11,14,16H,1-2,4-5,8-10H2,(H,19,20). The first kappa shape index (κ1) is 13.1. The number of benzene rings is 1. The van der Waals surface area contributed by atoms with Gasteiger partial charge in [-0.05, 0) is 35.4 Å². The Morgan fingerprint density at radius 3 is 2.71 bits per heavy atom. The van der Waals surface area contributed by atoms with Crippen LogP contribution >= 0.6 is 0 Å². The summed E-state index contributed by atoms with van der Waals surface area (Å²) < 4.78 is 6.00. The van der Waals surface area contributed by atoms with E-state index in [1.165, 1.54) is 47.3 Å². The SMILES string of the molecule is O=C(O)N1CC2OCc3c(C4CCCC4)cccc3C2C1. The highest BCUT2D eigenvalue weighted by Gasteiger charge is 2.41. The van der Waals surface area contributed by atoms with Crippen LogP contribution in [-0.2, 0) is 11.3 Å². The summed E-state index contributed by atoms with van der Waals surface area (Å²) in [5, 5.41) is 9.21. The van der Waals surface area contributed by atoms with Gasteiger partial charge in [-0.25, -0.2) is 4.79 Å². The average molecular weight is 287 g/mol. The molecule has 2 unspecified atom stereocenters. The van der Waals surface area contributed by atoms with Gasteiger partial charge in [0.05, 0.1) is 19.3 Å². The van der Waals surface area contributed by atoms with E-state index in [9.17, 15) is 9.90 Å². The molecule has 0 bridgehead atoms. The molecule has 4 heteroatoms. The Morgan fingerprint density at radius 2 is 1.95 bits per heavy atom. The van der Waals surface area contributed by atoms with Gasteiger partial charge in [-0.3, -0.25) is 0 Å². The van der Waals surface area contributed by atoms with Crippen LogP contribution in [0, 0.1) is 0 Å². The Kier molecular flexibility index (Phi) is 3.14. The van der Waals surface area contributed by atoms with Crippen LogP contribution in [0.3, 0.4) is 0 Å². The third kappa shape index (κ3) is 2.13. The van der Waals surface area contributed by atoms with Crippen molar-refractivity contribution in [2.75, 3.05) is 13.1 Å². The van der Waals surface area contributed by atoms with Crippen LogP contribution in [0.1, 0.15) is 54.2 Å². The van der Waals surface area contributed by atoms with Gasteiger partial charge in [0.15, 0.2) is 0 Å². The zero-order valence-electron chi connectivity index (χ0n) is 12.1. The van der Waals surface area contributed by atoms with Crippen LogP contribution in [0.2, 0.25) is 0 Å². The lowest BCUT2D eigenvalue weighted by atomic mass is 9.83. The number of fused-ring (bicyclic) bond motifs is 3. The van der Waals surface area contributed by atoms with E-state index in [2.05, 4.69) is 18.2 Å². The van der Waals surface area contributed by atoms with Crippen molar-refractivity contribution in [1.29, 1.82) is 0 Å². The van der Waals surface area contributed by atoms with Gasteiger partial charge in [0, 0.05) is 12.5 Å².